The number of rotatable bonds is 6. The van der Waals surface area contributed by atoms with E-state index in [4.69, 9.17) is 4.42 Å². The van der Waals surface area contributed by atoms with Gasteiger partial charge in [0.1, 0.15) is 17.2 Å². The third-order valence-corrected chi connectivity index (χ3v) is 3.50. The van der Waals surface area contributed by atoms with Crippen molar-refractivity contribution in [3.8, 4) is 0 Å². The number of benzene rings is 1. The Balaban J connectivity index is 1.67. The van der Waals surface area contributed by atoms with Gasteiger partial charge in [-0.15, -0.1) is 0 Å². The van der Waals surface area contributed by atoms with Crippen molar-refractivity contribution in [2.75, 3.05) is 6.54 Å². The fourth-order valence-corrected chi connectivity index (χ4v) is 2.48. The first-order chi connectivity index (χ1) is 9.88. The largest absolute Gasteiger partial charge is 0.461 e. The second-order valence-corrected chi connectivity index (χ2v) is 4.82. The summed E-state index contributed by atoms with van der Waals surface area (Å²) in [5.74, 6) is 2.10. The number of nitrogens with zero attached hydrogens (tertiary/aromatic N) is 1. The van der Waals surface area contributed by atoms with Crippen LogP contribution in [0.15, 0.2) is 41.1 Å². The maximum atomic E-state index is 5.89. The summed E-state index contributed by atoms with van der Waals surface area (Å²) in [7, 11) is 0. The summed E-state index contributed by atoms with van der Waals surface area (Å²) in [4.78, 5) is 7.33. The Kier molecular flexibility index (Phi) is 3.83. The molecule has 0 saturated carbocycles. The van der Waals surface area contributed by atoms with E-state index in [1.165, 1.54) is 10.9 Å². The predicted molar refractivity (Wildman–Crippen MR) is 79.6 cm³/mol. The Bertz CT molecular complexity index is 670. The Morgan fingerprint density at radius 2 is 2.20 bits per heavy atom. The van der Waals surface area contributed by atoms with E-state index in [1.54, 1.807) is 6.20 Å². The van der Waals surface area contributed by atoms with Gasteiger partial charge < -0.3 is 14.7 Å². The van der Waals surface area contributed by atoms with E-state index in [9.17, 15) is 0 Å². The molecule has 0 aliphatic carbocycles. The van der Waals surface area contributed by atoms with Crippen LogP contribution in [0.5, 0.6) is 0 Å². The molecule has 20 heavy (non-hydrogen) atoms. The molecule has 0 amide bonds. The van der Waals surface area contributed by atoms with Gasteiger partial charge in [0.25, 0.3) is 0 Å². The second-order valence-electron chi connectivity index (χ2n) is 4.82. The molecule has 2 heterocycles. The van der Waals surface area contributed by atoms with E-state index in [0.29, 0.717) is 0 Å². The summed E-state index contributed by atoms with van der Waals surface area (Å²) in [6, 6.07) is 8.23. The zero-order chi connectivity index (χ0) is 13.8. The third-order valence-electron chi connectivity index (χ3n) is 3.50. The van der Waals surface area contributed by atoms with Crippen LogP contribution in [-0.2, 0) is 19.4 Å². The number of aromatic nitrogens is 2. The first kappa shape index (κ1) is 12.9. The van der Waals surface area contributed by atoms with Gasteiger partial charge in [0.05, 0.1) is 0 Å². The Morgan fingerprint density at radius 1 is 1.30 bits per heavy atom. The van der Waals surface area contributed by atoms with Crippen molar-refractivity contribution in [2.45, 2.75) is 26.3 Å². The summed E-state index contributed by atoms with van der Waals surface area (Å²) in [5, 5.41) is 4.69. The molecule has 0 unspecified atom stereocenters. The molecule has 0 bridgehead atoms. The smallest absolute Gasteiger partial charge is 0.134 e. The van der Waals surface area contributed by atoms with E-state index >= 15 is 0 Å². The van der Waals surface area contributed by atoms with Gasteiger partial charge in [-0.1, -0.05) is 25.1 Å². The average molecular weight is 269 g/mol. The number of aromatic amines is 1. The van der Waals surface area contributed by atoms with E-state index < -0.39 is 0 Å². The van der Waals surface area contributed by atoms with Crippen LogP contribution in [0.4, 0.5) is 0 Å². The highest BCUT2D eigenvalue weighted by atomic mass is 16.3. The fourth-order valence-electron chi connectivity index (χ4n) is 2.48. The number of hydrogen-bond donors (Lipinski definition) is 2. The van der Waals surface area contributed by atoms with Crippen LogP contribution in [0.1, 0.15) is 24.1 Å². The number of hydrogen-bond acceptors (Lipinski definition) is 3. The van der Waals surface area contributed by atoms with Gasteiger partial charge in [0.15, 0.2) is 0 Å². The monoisotopic (exact) mass is 269 g/mol. The lowest BCUT2D eigenvalue weighted by molar-refractivity contribution is 0.544. The van der Waals surface area contributed by atoms with E-state index in [-0.39, 0.29) is 0 Å². The number of aryl methyl sites for hydroxylation is 1. The van der Waals surface area contributed by atoms with Gasteiger partial charge in [-0.3, -0.25) is 0 Å². The maximum absolute atomic E-state index is 5.89. The lowest BCUT2D eigenvalue weighted by Gasteiger charge is -2.04. The van der Waals surface area contributed by atoms with Gasteiger partial charge in [0.2, 0.25) is 0 Å². The molecule has 3 rings (SSSR count). The molecule has 0 fully saturated rings. The van der Waals surface area contributed by atoms with Crippen LogP contribution in [-0.4, -0.2) is 16.5 Å². The lowest BCUT2D eigenvalue weighted by Crippen LogP contribution is -2.17. The van der Waals surface area contributed by atoms with Crippen molar-refractivity contribution >= 4 is 11.0 Å². The molecule has 4 nitrogen and oxygen atoms in total. The van der Waals surface area contributed by atoms with Crippen molar-refractivity contribution in [3.05, 3.63) is 53.8 Å². The van der Waals surface area contributed by atoms with Gasteiger partial charge >= 0.3 is 0 Å². The highest BCUT2D eigenvalue weighted by Crippen LogP contribution is 2.26. The predicted octanol–water partition coefficient (Wildman–Crippen LogP) is 3.05. The molecule has 3 aromatic rings. The van der Waals surface area contributed by atoms with Crippen molar-refractivity contribution in [1.29, 1.82) is 0 Å². The molecule has 0 spiro atoms. The van der Waals surface area contributed by atoms with Crippen LogP contribution < -0.4 is 5.32 Å². The SMILES string of the molecule is CCc1oc2ccccc2c1CNCCc1ncc[nH]1. The van der Waals surface area contributed by atoms with Gasteiger partial charge in [-0.25, -0.2) is 4.98 Å². The molecule has 2 aromatic heterocycles. The summed E-state index contributed by atoms with van der Waals surface area (Å²) in [6.45, 7) is 3.86. The zero-order valence-corrected chi connectivity index (χ0v) is 11.6. The van der Waals surface area contributed by atoms with Crippen molar-refractivity contribution < 1.29 is 4.42 Å². The molecule has 104 valence electrons. The first-order valence-electron chi connectivity index (χ1n) is 7.06. The van der Waals surface area contributed by atoms with Crippen molar-refractivity contribution in [3.63, 3.8) is 0 Å². The Hall–Kier alpha value is -2.07. The quantitative estimate of drug-likeness (QED) is 0.676. The average Bonchev–Trinajstić information content (AvgIpc) is 3.11. The van der Waals surface area contributed by atoms with E-state index in [1.807, 2.05) is 18.3 Å². The molecule has 0 saturated heterocycles. The number of nitrogens with one attached hydrogen (secondary N) is 2. The molecule has 4 heteroatoms. The topological polar surface area (TPSA) is 53.9 Å². The number of imidazole rings is 1. The van der Waals surface area contributed by atoms with E-state index in [0.717, 1.165) is 43.1 Å². The Morgan fingerprint density at radius 3 is 3.00 bits per heavy atom. The van der Waals surface area contributed by atoms with Gasteiger partial charge in [-0.05, 0) is 6.07 Å². The van der Waals surface area contributed by atoms with Gasteiger partial charge in [0, 0.05) is 49.3 Å². The minimum Gasteiger partial charge on any atom is -0.461 e. The normalized spacial score (nSPS) is 11.2. The van der Waals surface area contributed by atoms with Crippen molar-refractivity contribution in [1.82, 2.24) is 15.3 Å². The number of H-pyrrole nitrogens is 1. The molecule has 2 N–H and O–H groups in total. The van der Waals surface area contributed by atoms with Crippen LogP contribution in [0.2, 0.25) is 0 Å². The highest BCUT2D eigenvalue weighted by molar-refractivity contribution is 5.82. The van der Waals surface area contributed by atoms with E-state index in [2.05, 4.69) is 34.3 Å². The fraction of sp³-hybridized carbons (Fsp3) is 0.312. The molecule has 1 aromatic carbocycles. The van der Waals surface area contributed by atoms with Crippen LogP contribution in [0.25, 0.3) is 11.0 Å². The maximum Gasteiger partial charge on any atom is 0.134 e. The number of para-hydroxylation sites is 1. The zero-order valence-electron chi connectivity index (χ0n) is 11.6. The summed E-state index contributed by atoms with van der Waals surface area (Å²) >= 11 is 0. The molecule has 0 aliphatic heterocycles. The number of furan rings is 1. The molecule has 0 radical (unpaired) electrons. The molecular formula is C16H19N3O. The standard InChI is InChI=1S/C16H19N3O/c1-2-14-13(12-5-3-4-6-15(12)20-14)11-17-8-7-16-18-9-10-19-16/h3-6,9-10,17H,2,7-8,11H2,1H3,(H,18,19). The summed E-state index contributed by atoms with van der Waals surface area (Å²) in [6.07, 6.45) is 5.47. The second kappa shape index (κ2) is 5.92. The first-order valence-corrected chi connectivity index (χ1v) is 7.06. The van der Waals surface area contributed by atoms with Crippen molar-refractivity contribution in [2.24, 2.45) is 0 Å². The minimum atomic E-state index is 0.834. The summed E-state index contributed by atoms with van der Waals surface area (Å²) < 4.78 is 5.89. The van der Waals surface area contributed by atoms with Crippen LogP contribution in [0.3, 0.4) is 0 Å². The third kappa shape index (κ3) is 2.60. The summed E-state index contributed by atoms with van der Waals surface area (Å²) in [5.41, 5.74) is 2.26. The molecule has 0 aliphatic rings. The van der Waals surface area contributed by atoms with Crippen LogP contribution >= 0.6 is 0 Å². The number of fused-ring (bicyclic) bond motifs is 1. The minimum absolute atomic E-state index is 0.834. The molecule has 0 atom stereocenters. The molecular weight excluding hydrogens is 250 g/mol. The lowest BCUT2D eigenvalue weighted by atomic mass is 10.1. The Labute approximate surface area is 118 Å². The van der Waals surface area contributed by atoms with Crippen LogP contribution in [0, 0.1) is 0 Å². The van der Waals surface area contributed by atoms with Gasteiger partial charge in [-0.2, -0.15) is 0 Å². The highest BCUT2D eigenvalue weighted by Gasteiger charge is 2.11.